The highest BCUT2D eigenvalue weighted by Crippen LogP contribution is 2.13. The number of hydrogen-bond donors (Lipinski definition) is 2. The molecule has 98 valence electrons. The van der Waals surface area contributed by atoms with Gasteiger partial charge in [-0.15, -0.1) is 0 Å². The summed E-state index contributed by atoms with van der Waals surface area (Å²) in [7, 11) is 1.63. The number of halogens is 1. The van der Waals surface area contributed by atoms with E-state index in [0.717, 1.165) is 30.8 Å². The molecule has 0 saturated carbocycles. The van der Waals surface area contributed by atoms with E-state index in [2.05, 4.69) is 22.4 Å². The fourth-order valence-electron chi connectivity index (χ4n) is 1.34. The second-order valence-corrected chi connectivity index (χ2v) is 4.08. The van der Waals surface area contributed by atoms with Crippen LogP contribution >= 0.6 is 11.6 Å². The lowest BCUT2D eigenvalue weighted by molar-refractivity contribution is 0.00303. The molecule has 0 bridgehead atoms. The summed E-state index contributed by atoms with van der Waals surface area (Å²) in [5, 5.41) is 0.513. The van der Waals surface area contributed by atoms with Gasteiger partial charge in [-0.25, -0.2) is 4.98 Å². The van der Waals surface area contributed by atoms with Crippen LogP contribution in [0.15, 0.2) is 0 Å². The summed E-state index contributed by atoms with van der Waals surface area (Å²) in [5.74, 6) is 0.936. The van der Waals surface area contributed by atoms with E-state index < -0.39 is 0 Å². The molecule has 0 spiro atoms. The molecule has 0 aromatic carbocycles. The van der Waals surface area contributed by atoms with Crippen molar-refractivity contribution in [1.82, 2.24) is 15.4 Å². The molecule has 0 radical (unpaired) electrons. The topological polar surface area (TPSA) is 59.2 Å². The normalized spacial score (nSPS) is 11.0. The minimum Gasteiger partial charge on any atom is -0.382 e. The van der Waals surface area contributed by atoms with E-state index in [4.69, 9.17) is 21.2 Å². The number of hydroxylamine groups is 1. The van der Waals surface area contributed by atoms with Crippen LogP contribution in [0.3, 0.4) is 0 Å². The predicted octanol–water partition coefficient (Wildman–Crippen LogP) is 2.07. The average Bonchev–Trinajstić information content (AvgIpc) is 2.67. The molecule has 0 aliphatic carbocycles. The zero-order valence-electron chi connectivity index (χ0n) is 10.4. The SMILES string of the molecule is CCCCc1nc(Cl)c(CNOCCOC)[nH]1. The molecule has 0 atom stereocenters. The van der Waals surface area contributed by atoms with Crippen molar-refractivity contribution >= 4 is 11.6 Å². The van der Waals surface area contributed by atoms with E-state index in [1.54, 1.807) is 7.11 Å². The van der Waals surface area contributed by atoms with Crippen LogP contribution < -0.4 is 5.48 Å². The highest BCUT2D eigenvalue weighted by Gasteiger charge is 2.07. The maximum absolute atomic E-state index is 6.00. The van der Waals surface area contributed by atoms with Crippen molar-refractivity contribution in [3.05, 3.63) is 16.7 Å². The van der Waals surface area contributed by atoms with Crippen molar-refractivity contribution in [3.8, 4) is 0 Å². The zero-order chi connectivity index (χ0) is 12.5. The molecular formula is C11H20ClN3O2. The van der Waals surface area contributed by atoms with E-state index in [0.29, 0.717) is 24.9 Å². The Kier molecular flexibility index (Phi) is 7.19. The third kappa shape index (κ3) is 5.50. The highest BCUT2D eigenvalue weighted by atomic mass is 35.5. The molecular weight excluding hydrogens is 242 g/mol. The number of hydrogen-bond acceptors (Lipinski definition) is 4. The molecule has 0 fully saturated rings. The number of imidazole rings is 1. The monoisotopic (exact) mass is 261 g/mol. The van der Waals surface area contributed by atoms with Gasteiger partial charge in [0.15, 0.2) is 5.15 Å². The molecule has 2 N–H and O–H groups in total. The summed E-state index contributed by atoms with van der Waals surface area (Å²) in [5.41, 5.74) is 3.67. The van der Waals surface area contributed by atoms with Gasteiger partial charge in [-0.1, -0.05) is 24.9 Å². The first-order valence-electron chi connectivity index (χ1n) is 5.84. The van der Waals surface area contributed by atoms with Gasteiger partial charge in [0, 0.05) is 13.5 Å². The molecule has 0 aliphatic heterocycles. The summed E-state index contributed by atoms with van der Waals surface area (Å²) < 4.78 is 4.86. The first-order chi connectivity index (χ1) is 8.27. The van der Waals surface area contributed by atoms with Crippen molar-refractivity contribution in [2.45, 2.75) is 32.7 Å². The van der Waals surface area contributed by atoms with Gasteiger partial charge in [0.2, 0.25) is 0 Å². The number of rotatable bonds is 9. The lowest BCUT2D eigenvalue weighted by atomic mass is 10.2. The summed E-state index contributed by atoms with van der Waals surface area (Å²) in [6, 6.07) is 0. The summed E-state index contributed by atoms with van der Waals surface area (Å²) in [6.07, 6.45) is 3.19. The molecule has 6 heteroatoms. The summed E-state index contributed by atoms with van der Waals surface area (Å²) >= 11 is 6.00. The third-order valence-electron chi connectivity index (χ3n) is 2.28. The van der Waals surface area contributed by atoms with E-state index in [1.165, 1.54) is 0 Å². The fraction of sp³-hybridized carbons (Fsp3) is 0.727. The van der Waals surface area contributed by atoms with Crippen molar-refractivity contribution in [2.24, 2.45) is 0 Å². The smallest absolute Gasteiger partial charge is 0.151 e. The van der Waals surface area contributed by atoms with Crippen molar-refractivity contribution in [2.75, 3.05) is 20.3 Å². The number of aryl methyl sites for hydroxylation is 1. The Bertz CT molecular complexity index is 318. The van der Waals surface area contributed by atoms with Crippen LogP contribution in [0.5, 0.6) is 0 Å². The van der Waals surface area contributed by atoms with E-state index >= 15 is 0 Å². The fourth-order valence-corrected chi connectivity index (χ4v) is 1.56. The molecule has 5 nitrogen and oxygen atoms in total. The third-order valence-corrected chi connectivity index (χ3v) is 2.60. The maximum Gasteiger partial charge on any atom is 0.151 e. The number of methoxy groups -OCH3 is 1. The van der Waals surface area contributed by atoms with Gasteiger partial charge in [-0.05, 0) is 6.42 Å². The first kappa shape index (κ1) is 14.4. The van der Waals surface area contributed by atoms with Crippen molar-refractivity contribution in [3.63, 3.8) is 0 Å². The maximum atomic E-state index is 6.00. The van der Waals surface area contributed by atoms with Gasteiger partial charge in [-0.2, -0.15) is 5.48 Å². The van der Waals surface area contributed by atoms with Crippen LogP contribution in [0.25, 0.3) is 0 Å². The van der Waals surface area contributed by atoms with Gasteiger partial charge >= 0.3 is 0 Å². The zero-order valence-corrected chi connectivity index (χ0v) is 11.1. The van der Waals surface area contributed by atoms with Crippen LogP contribution in [0.4, 0.5) is 0 Å². The Labute approximate surface area is 107 Å². The Balaban J connectivity index is 2.29. The van der Waals surface area contributed by atoms with Gasteiger partial charge in [0.1, 0.15) is 5.82 Å². The Morgan fingerprint density at radius 1 is 1.41 bits per heavy atom. The number of nitrogens with one attached hydrogen (secondary N) is 2. The second kappa shape index (κ2) is 8.47. The lowest BCUT2D eigenvalue weighted by Crippen LogP contribution is -2.17. The second-order valence-electron chi connectivity index (χ2n) is 3.72. The van der Waals surface area contributed by atoms with Crippen LogP contribution in [-0.4, -0.2) is 30.3 Å². The van der Waals surface area contributed by atoms with Crippen molar-refractivity contribution < 1.29 is 9.57 Å². The standard InChI is InChI=1S/C11H20ClN3O2/c1-3-4-5-10-14-9(11(12)15-10)8-13-17-7-6-16-2/h13H,3-8H2,1-2H3,(H,14,15). The minimum atomic E-state index is 0.505. The number of ether oxygens (including phenoxy) is 1. The van der Waals surface area contributed by atoms with Crippen LogP contribution in [-0.2, 0) is 22.5 Å². The van der Waals surface area contributed by atoms with Gasteiger partial charge < -0.3 is 9.72 Å². The van der Waals surface area contributed by atoms with Crippen molar-refractivity contribution in [1.29, 1.82) is 0 Å². The number of aromatic amines is 1. The number of aromatic nitrogens is 2. The molecule has 0 amide bonds. The number of nitrogens with zero attached hydrogens (tertiary/aromatic N) is 1. The largest absolute Gasteiger partial charge is 0.382 e. The molecule has 1 aromatic rings. The van der Waals surface area contributed by atoms with E-state index in [9.17, 15) is 0 Å². The Hall–Kier alpha value is -0.620. The van der Waals surface area contributed by atoms with Crippen LogP contribution in [0, 0.1) is 0 Å². The minimum absolute atomic E-state index is 0.505. The first-order valence-corrected chi connectivity index (χ1v) is 6.22. The average molecular weight is 262 g/mol. The van der Waals surface area contributed by atoms with Gasteiger partial charge in [-0.3, -0.25) is 4.84 Å². The molecule has 17 heavy (non-hydrogen) atoms. The van der Waals surface area contributed by atoms with Gasteiger partial charge in [0.05, 0.1) is 25.5 Å². The number of unbranched alkanes of at least 4 members (excludes halogenated alkanes) is 1. The summed E-state index contributed by atoms with van der Waals surface area (Å²) in [6.45, 7) is 3.73. The quantitative estimate of drug-likeness (QED) is 0.528. The van der Waals surface area contributed by atoms with E-state index in [1.807, 2.05) is 0 Å². The lowest BCUT2D eigenvalue weighted by Gasteiger charge is -2.03. The van der Waals surface area contributed by atoms with E-state index in [-0.39, 0.29) is 0 Å². The van der Waals surface area contributed by atoms with Crippen LogP contribution in [0.2, 0.25) is 5.15 Å². The number of H-pyrrole nitrogens is 1. The highest BCUT2D eigenvalue weighted by molar-refractivity contribution is 6.30. The van der Waals surface area contributed by atoms with Gasteiger partial charge in [0.25, 0.3) is 0 Å². The predicted molar refractivity (Wildman–Crippen MR) is 66.9 cm³/mol. The molecule has 0 saturated heterocycles. The summed E-state index contributed by atoms with van der Waals surface area (Å²) in [4.78, 5) is 12.6. The molecule has 1 aromatic heterocycles. The Morgan fingerprint density at radius 3 is 2.94 bits per heavy atom. The molecule has 0 aliphatic rings. The Morgan fingerprint density at radius 2 is 2.24 bits per heavy atom. The molecule has 1 heterocycles. The molecule has 0 unspecified atom stereocenters. The van der Waals surface area contributed by atoms with Crippen LogP contribution in [0.1, 0.15) is 31.3 Å². The molecule has 1 rings (SSSR count).